The van der Waals surface area contributed by atoms with Gasteiger partial charge in [-0.25, -0.2) is 0 Å². The van der Waals surface area contributed by atoms with Crippen LogP contribution in [0.25, 0.3) is 0 Å². The maximum Gasteiger partial charge on any atom is 0.119 e. The van der Waals surface area contributed by atoms with Crippen molar-refractivity contribution in [1.82, 2.24) is 0 Å². The van der Waals surface area contributed by atoms with Crippen molar-refractivity contribution >= 4 is 0 Å². The van der Waals surface area contributed by atoms with Gasteiger partial charge in [0, 0.05) is 5.56 Å². The maximum atomic E-state index is 5.75. The monoisotopic (exact) mass is 265 g/mol. The number of hydrogen-bond donors (Lipinski definition) is 1. The van der Waals surface area contributed by atoms with E-state index in [1.165, 1.54) is 11.1 Å². The van der Waals surface area contributed by atoms with Crippen molar-refractivity contribution in [1.29, 1.82) is 0 Å². The largest absolute Gasteiger partial charge is 0.489 e. The van der Waals surface area contributed by atoms with E-state index in [0.29, 0.717) is 13.2 Å². The zero-order chi connectivity index (χ0) is 14.2. The summed E-state index contributed by atoms with van der Waals surface area (Å²) in [5.74, 6) is 6.67. The summed E-state index contributed by atoms with van der Waals surface area (Å²) < 4.78 is 5.75. The first-order valence-electron chi connectivity index (χ1n) is 6.81. The van der Waals surface area contributed by atoms with Gasteiger partial charge in [-0.2, -0.15) is 0 Å². The van der Waals surface area contributed by atoms with Crippen molar-refractivity contribution in [3.05, 3.63) is 65.2 Å². The summed E-state index contributed by atoms with van der Waals surface area (Å²) >= 11 is 0. The highest BCUT2D eigenvalue weighted by Gasteiger charge is 1.97. The summed E-state index contributed by atoms with van der Waals surface area (Å²) in [6, 6.07) is 16.3. The lowest BCUT2D eigenvalue weighted by Gasteiger charge is -2.07. The third-order valence-corrected chi connectivity index (χ3v) is 3.03. The zero-order valence-corrected chi connectivity index (χ0v) is 11.7. The van der Waals surface area contributed by atoms with E-state index in [1.54, 1.807) is 0 Å². The highest BCUT2D eigenvalue weighted by molar-refractivity contribution is 5.38. The van der Waals surface area contributed by atoms with Crippen LogP contribution in [0.3, 0.4) is 0 Å². The fourth-order valence-electron chi connectivity index (χ4n) is 1.83. The summed E-state index contributed by atoms with van der Waals surface area (Å²) in [5, 5.41) is 0. The van der Waals surface area contributed by atoms with E-state index in [1.807, 2.05) is 24.3 Å². The van der Waals surface area contributed by atoms with Crippen molar-refractivity contribution in [3.8, 4) is 17.6 Å². The Morgan fingerprint density at radius 1 is 0.950 bits per heavy atom. The topological polar surface area (TPSA) is 35.2 Å². The molecule has 0 aliphatic heterocycles. The molecule has 102 valence electrons. The molecule has 0 radical (unpaired) electrons. The van der Waals surface area contributed by atoms with Gasteiger partial charge in [0.2, 0.25) is 0 Å². The predicted molar refractivity (Wildman–Crippen MR) is 82.5 cm³/mol. The SMILES string of the molecule is CCc1ccc(COc2ccc(C#CCN)cc2)cc1. The Kier molecular flexibility index (Phi) is 5.23. The summed E-state index contributed by atoms with van der Waals surface area (Å²) in [6.45, 7) is 3.12. The number of nitrogens with two attached hydrogens (primary N) is 1. The number of ether oxygens (including phenoxy) is 1. The molecule has 0 atom stereocenters. The molecule has 2 aromatic carbocycles. The smallest absolute Gasteiger partial charge is 0.119 e. The van der Waals surface area contributed by atoms with Crippen LogP contribution in [0.15, 0.2) is 48.5 Å². The van der Waals surface area contributed by atoms with E-state index in [-0.39, 0.29) is 0 Å². The van der Waals surface area contributed by atoms with Crippen LogP contribution in [0.4, 0.5) is 0 Å². The summed E-state index contributed by atoms with van der Waals surface area (Å²) in [7, 11) is 0. The number of benzene rings is 2. The van der Waals surface area contributed by atoms with E-state index < -0.39 is 0 Å². The third-order valence-electron chi connectivity index (χ3n) is 3.03. The molecule has 2 aromatic rings. The van der Waals surface area contributed by atoms with Gasteiger partial charge in [-0.15, -0.1) is 0 Å². The van der Waals surface area contributed by atoms with Crippen LogP contribution in [0.2, 0.25) is 0 Å². The normalized spacial score (nSPS) is 9.70. The molecular weight excluding hydrogens is 246 g/mol. The van der Waals surface area contributed by atoms with Crippen LogP contribution < -0.4 is 10.5 Å². The molecule has 0 aliphatic rings. The van der Waals surface area contributed by atoms with E-state index in [2.05, 4.69) is 43.0 Å². The molecule has 20 heavy (non-hydrogen) atoms. The van der Waals surface area contributed by atoms with Gasteiger partial charge < -0.3 is 10.5 Å². The Bertz CT molecular complexity index is 588. The molecule has 2 N–H and O–H groups in total. The minimum absolute atomic E-state index is 0.381. The van der Waals surface area contributed by atoms with Gasteiger partial charge in [-0.1, -0.05) is 43.0 Å². The highest BCUT2D eigenvalue weighted by Crippen LogP contribution is 2.14. The Balaban J connectivity index is 1.93. The predicted octanol–water partition coefficient (Wildman–Crippen LogP) is 3.14. The first-order chi connectivity index (χ1) is 9.81. The Hall–Kier alpha value is -2.24. The maximum absolute atomic E-state index is 5.75. The second kappa shape index (κ2) is 7.37. The van der Waals surface area contributed by atoms with Crippen molar-refractivity contribution in [2.45, 2.75) is 20.0 Å². The minimum atomic E-state index is 0.381. The van der Waals surface area contributed by atoms with Crippen LogP contribution in [-0.4, -0.2) is 6.54 Å². The lowest BCUT2D eigenvalue weighted by molar-refractivity contribution is 0.306. The molecule has 0 spiro atoms. The molecule has 2 nitrogen and oxygen atoms in total. The van der Waals surface area contributed by atoms with Crippen LogP contribution in [-0.2, 0) is 13.0 Å². The lowest BCUT2D eigenvalue weighted by Crippen LogP contribution is -1.96. The summed E-state index contributed by atoms with van der Waals surface area (Å²) in [6.07, 6.45) is 1.06. The van der Waals surface area contributed by atoms with E-state index in [9.17, 15) is 0 Å². The average Bonchev–Trinajstić information content (AvgIpc) is 2.52. The molecule has 0 aliphatic carbocycles. The van der Waals surface area contributed by atoms with Gasteiger partial charge in [0.1, 0.15) is 12.4 Å². The van der Waals surface area contributed by atoms with E-state index in [4.69, 9.17) is 10.5 Å². The van der Waals surface area contributed by atoms with Gasteiger partial charge in [-0.3, -0.25) is 0 Å². The molecule has 0 bridgehead atoms. The van der Waals surface area contributed by atoms with Crippen molar-refractivity contribution in [2.75, 3.05) is 6.54 Å². The molecular formula is C18H19NO. The Morgan fingerprint density at radius 2 is 1.60 bits per heavy atom. The summed E-state index contributed by atoms with van der Waals surface area (Å²) in [4.78, 5) is 0. The average molecular weight is 265 g/mol. The van der Waals surface area contributed by atoms with Gasteiger partial charge in [0.15, 0.2) is 0 Å². The number of hydrogen-bond acceptors (Lipinski definition) is 2. The van der Waals surface area contributed by atoms with Crippen molar-refractivity contribution in [3.63, 3.8) is 0 Å². The molecule has 0 saturated heterocycles. The minimum Gasteiger partial charge on any atom is -0.489 e. The van der Waals surface area contributed by atoms with Crippen LogP contribution in [0.5, 0.6) is 5.75 Å². The molecule has 0 amide bonds. The molecule has 2 heteroatoms. The van der Waals surface area contributed by atoms with Crippen molar-refractivity contribution in [2.24, 2.45) is 5.73 Å². The standard InChI is InChI=1S/C18H19NO/c1-2-15-5-7-17(8-6-15)14-20-18-11-9-16(10-12-18)4-3-13-19/h5-12H,2,13-14,19H2,1H3. The van der Waals surface area contributed by atoms with Crippen molar-refractivity contribution < 1.29 is 4.74 Å². The number of rotatable bonds is 4. The molecule has 0 fully saturated rings. The van der Waals surface area contributed by atoms with Gasteiger partial charge >= 0.3 is 0 Å². The second-order valence-electron chi connectivity index (χ2n) is 4.49. The Labute approximate surface area is 120 Å². The zero-order valence-electron chi connectivity index (χ0n) is 11.7. The molecule has 0 aromatic heterocycles. The van der Waals surface area contributed by atoms with Crippen LogP contribution in [0, 0.1) is 11.8 Å². The Morgan fingerprint density at radius 3 is 2.20 bits per heavy atom. The van der Waals surface area contributed by atoms with Gasteiger partial charge in [0.05, 0.1) is 6.54 Å². The first-order valence-corrected chi connectivity index (χ1v) is 6.81. The van der Waals surface area contributed by atoms with E-state index >= 15 is 0 Å². The second-order valence-corrected chi connectivity index (χ2v) is 4.49. The van der Waals surface area contributed by atoms with E-state index in [0.717, 1.165) is 17.7 Å². The van der Waals surface area contributed by atoms with Gasteiger partial charge in [0.25, 0.3) is 0 Å². The van der Waals surface area contributed by atoms with Crippen LogP contribution >= 0.6 is 0 Å². The third kappa shape index (κ3) is 4.15. The molecule has 2 rings (SSSR count). The lowest BCUT2D eigenvalue weighted by atomic mass is 10.1. The fourth-order valence-corrected chi connectivity index (χ4v) is 1.83. The van der Waals surface area contributed by atoms with Crippen LogP contribution in [0.1, 0.15) is 23.6 Å². The highest BCUT2D eigenvalue weighted by atomic mass is 16.5. The summed E-state index contributed by atoms with van der Waals surface area (Å²) in [5.41, 5.74) is 8.81. The first kappa shape index (κ1) is 14.2. The van der Waals surface area contributed by atoms with Gasteiger partial charge in [-0.05, 0) is 41.8 Å². The molecule has 0 heterocycles. The fraction of sp³-hybridized carbons (Fsp3) is 0.222. The molecule has 0 unspecified atom stereocenters. The quantitative estimate of drug-likeness (QED) is 0.862. The number of aryl methyl sites for hydroxylation is 1. The molecule has 0 saturated carbocycles.